The Morgan fingerprint density at radius 3 is 2.82 bits per heavy atom. The highest BCUT2D eigenvalue weighted by Gasteiger charge is 2.21. The van der Waals surface area contributed by atoms with Crippen LogP contribution in [-0.4, -0.2) is 46.0 Å². The van der Waals surface area contributed by atoms with Gasteiger partial charge in [0, 0.05) is 55.4 Å². The van der Waals surface area contributed by atoms with Gasteiger partial charge in [0.15, 0.2) is 6.61 Å². The van der Waals surface area contributed by atoms with Gasteiger partial charge in [0.25, 0.3) is 11.5 Å². The van der Waals surface area contributed by atoms with Gasteiger partial charge in [-0.05, 0) is 18.2 Å². The van der Waals surface area contributed by atoms with Crippen molar-refractivity contribution in [3.05, 3.63) is 61.9 Å². The number of hydrogen-bond acceptors (Lipinski definition) is 5. The van der Waals surface area contributed by atoms with Gasteiger partial charge in [0.05, 0.1) is 0 Å². The van der Waals surface area contributed by atoms with E-state index >= 15 is 0 Å². The van der Waals surface area contributed by atoms with Gasteiger partial charge in [-0.1, -0.05) is 11.6 Å². The van der Waals surface area contributed by atoms with Crippen molar-refractivity contribution in [3.63, 3.8) is 0 Å². The van der Waals surface area contributed by atoms with Crippen molar-refractivity contribution in [1.82, 2.24) is 19.8 Å². The molecular weight excluding hydrogens is 388 g/mol. The molecule has 0 atom stereocenters. The third-order valence-electron chi connectivity index (χ3n) is 4.27. The molecule has 1 aromatic carbocycles. The van der Waals surface area contributed by atoms with E-state index in [1.54, 1.807) is 23.1 Å². The number of carbonyl (C=O) groups excluding carboxylic acids is 2. The normalized spacial score (nSPS) is 13.5. The predicted octanol–water partition coefficient (Wildman–Crippen LogP) is 0.118. The summed E-state index contributed by atoms with van der Waals surface area (Å²) in [5.74, 6) is 0.178. The minimum Gasteiger partial charge on any atom is -0.483 e. The number of fused-ring (bicyclic) bond motifs is 1. The summed E-state index contributed by atoms with van der Waals surface area (Å²) >= 11 is 6.01. The van der Waals surface area contributed by atoms with E-state index in [0.717, 1.165) is 5.56 Å². The lowest BCUT2D eigenvalue weighted by Gasteiger charge is -2.20. The number of rotatable bonds is 6. The molecule has 3 rings (SSSR count). The van der Waals surface area contributed by atoms with Crippen LogP contribution in [0, 0.1) is 0 Å². The topological polar surface area (TPSA) is 114 Å². The Kier molecular flexibility index (Phi) is 6.15. The molecule has 0 fully saturated rings. The predicted molar refractivity (Wildman–Crippen MR) is 101 cm³/mol. The van der Waals surface area contributed by atoms with E-state index < -0.39 is 11.2 Å². The summed E-state index contributed by atoms with van der Waals surface area (Å²) in [5.41, 5.74) is -0.241. The molecule has 2 amide bonds. The number of nitrogens with zero attached hydrogens (tertiary/aromatic N) is 2. The first-order chi connectivity index (χ1) is 13.4. The smallest absolute Gasteiger partial charge is 0.328 e. The number of benzene rings is 1. The molecule has 2 heterocycles. The standard InChI is InChI=1S/C18H19ClN4O5/c19-13-1-2-14-12(9-13)10-23(17(26)11-28-14)8-5-20-15(24)3-6-22-7-4-16(25)21-18(22)27/h1-2,4,7,9H,3,5-6,8,10-11H2,(H,20,24)(H,21,25,27). The molecule has 9 nitrogen and oxygen atoms in total. The number of carbonyl (C=O) groups is 2. The summed E-state index contributed by atoms with van der Waals surface area (Å²) in [6.45, 7) is 0.998. The van der Waals surface area contributed by atoms with Gasteiger partial charge >= 0.3 is 5.69 Å². The maximum atomic E-state index is 12.2. The Balaban J connectivity index is 1.49. The van der Waals surface area contributed by atoms with Crippen LogP contribution in [0.1, 0.15) is 12.0 Å². The van der Waals surface area contributed by atoms with Crippen LogP contribution >= 0.6 is 11.6 Å². The SMILES string of the molecule is O=C(CCn1ccc(=O)[nH]c1=O)NCCN1Cc2cc(Cl)ccc2OCC1=O. The molecule has 0 saturated carbocycles. The van der Waals surface area contributed by atoms with Crippen LogP contribution in [-0.2, 0) is 22.7 Å². The minimum atomic E-state index is -0.562. The van der Waals surface area contributed by atoms with Crippen molar-refractivity contribution in [2.45, 2.75) is 19.5 Å². The summed E-state index contributed by atoms with van der Waals surface area (Å²) in [5, 5.41) is 3.28. The van der Waals surface area contributed by atoms with Crippen molar-refractivity contribution in [2.24, 2.45) is 0 Å². The molecule has 28 heavy (non-hydrogen) atoms. The van der Waals surface area contributed by atoms with Crippen LogP contribution in [0.2, 0.25) is 5.02 Å². The fourth-order valence-electron chi connectivity index (χ4n) is 2.80. The summed E-state index contributed by atoms with van der Waals surface area (Å²) in [4.78, 5) is 50.5. The van der Waals surface area contributed by atoms with Crippen LogP contribution in [0.3, 0.4) is 0 Å². The Bertz CT molecular complexity index is 1000. The number of hydrogen-bond donors (Lipinski definition) is 2. The lowest BCUT2D eigenvalue weighted by atomic mass is 10.2. The van der Waals surface area contributed by atoms with Crippen molar-refractivity contribution < 1.29 is 14.3 Å². The minimum absolute atomic E-state index is 0.0709. The monoisotopic (exact) mass is 406 g/mol. The first-order valence-corrected chi connectivity index (χ1v) is 9.05. The molecule has 0 bridgehead atoms. The van der Waals surface area contributed by atoms with E-state index in [-0.39, 0.29) is 37.9 Å². The molecule has 0 spiro atoms. The molecule has 148 valence electrons. The molecule has 0 unspecified atom stereocenters. The second-order valence-electron chi connectivity index (χ2n) is 6.26. The Hall–Kier alpha value is -3.07. The van der Waals surface area contributed by atoms with Crippen LogP contribution in [0.4, 0.5) is 0 Å². The lowest BCUT2D eigenvalue weighted by Crippen LogP contribution is -2.39. The molecular formula is C18H19ClN4O5. The number of aromatic amines is 1. The van der Waals surface area contributed by atoms with Gasteiger partial charge in [-0.15, -0.1) is 0 Å². The number of amides is 2. The third kappa shape index (κ3) is 5.01. The maximum absolute atomic E-state index is 12.2. The van der Waals surface area contributed by atoms with Crippen LogP contribution in [0.25, 0.3) is 0 Å². The Morgan fingerprint density at radius 1 is 1.21 bits per heavy atom. The van der Waals surface area contributed by atoms with E-state index in [2.05, 4.69) is 10.3 Å². The fraction of sp³-hybridized carbons (Fsp3) is 0.333. The largest absolute Gasteiger partial charge is 0.483 e. The molecule has 0 aliphatic carbocycles. The van der Waals surface area contributed by atoms with Crippen LogP contribution in [0.5, 0.6) is 5.75 Å². The van der Waals surface area contributed by atoms with E-state index in [9.17, 15) is 19.2 Å². The number of aryl methyl sites for hydroxylation is 1. The summed E-state index contributed by atoms with van der Waals surface area (Å²) in [6, 6.07) is 6.41. The van der Waals surface area contributed by atoms with Gasteiger partial charge < -0.3 is 19.5 Å². The van der Waals surface area contributed by atoms with Gasteiger partial charge in [-0.2, -0.15) is 0 Å². The number of nitrogens with one attached hydrogen (secondary N) is 2. The second kappa shape index (κ2) is 8.75. The average molecular weight is 407 g/mol. The number of aromatic nitrogens is 2. The van der Waals surface area contributed by atoms with E-state index in [4.69, 9.17) is 16.3 Å². The molecule has 10 heteroatoms. The lowest BCUT2D eigenvalue weighted by molar-refractivity contribution is -0.133. The van der Waals surface area contributed by atoms with Crippen LogP contribution < -0.4 is 21.3 Å². The Labute approximate surface area is 164 Å². The maximum Gasteiger partial charge on any atom is 0.328 e. The zero-order valence-corrected chi connectivity index (χ0v) is 15.7. The van der Waals surface area contributed by atoms with Gasteiger partial charge in [0.2, 0.25) is 5.91 Å². The number of H-pyrrole nitrogens is 1. The summed E-state index contributed by atoms with van der Waals surface area (Å²) in [7, 11) is 0. The highest BCUT2D eigenvalue weighted by atomic mass is 35.5. The number of ether oxygens (including phenoxy) is 1. The molecule has 0 radical (unpaired) electrons. The third-order valence-corrected chi connectivity index (χ3v) is 4.50. The first-order valence-electron chi connectivity index (χ1n) is 8.68. The summed E-state index contributed by atoms with van der Waals surface area (Å²) in [6.07, 6.45) is 1.41. The second-order valence-corrected chi connectivity index (χ2v) is 6.70. The average Bonchev–Trinajstić information content (AvgIpc) is 2.80. The zero-order chi connectivity index (χ0) is 20.1. The van der Waals surface area contributed by atoms with Crippen molar-refractivity contribution >= 4 is 23.4 Å². The van der Waals surface area contributed by atoms with Crippen molar-refractivity contribution in [1.29, 1.82) is 0 Å². The molecule has 1 aliphatic rings. The van der Waals surface area contributed by atoms with E-state index in [1.165, 1.54) is 16.8 Å². The zero-order valence-electron chi connectivity index (χ0n) is 14.9. The van der Waals surface area contributed by atoms with Gasteiger partial charge in [0.1, 0.15) is 5.75 Å². The molecule has 2 aromatic rings. The van der Waals surface area contributed by atoms with Gasteiger partial charge in [-0.3, -0.25) is 19.4 Å². The highest BCUT2D eigenvalue weighted by Crippen LogP contribution is 2.26. The molecule has 2 N–H and O–H groups in total. The van der Waals surface area contributed by atoms with Crippen molar-refractivity contribution in [2.75, 3.05) is 19.7 Å². The van der Waals surface area contributed by atoms with E-state index in [0.29, 0.717) is 23.9 Å². The number of halogens is 1. The molecule has 0 saturated heterocycles. The fourth-order valence-corrected chi connectivity index (χ4v) is 3.00. The Morgan fingerprint density at radius 2 is 2.04 bits per heavy atom. The molecule has 1 aromatic heterocycles. The summed E-state index contributed by atoms with van der Waals surface area (Å²) < 4.78 is 6.73. The van der Waals surface area contributed by atoms with Crippen molar-refractivity contribution in [3.8, 4) is 5.75 Å². The first kappa shape index (κ1) is 19.7. The highest BCUT2D eigenvalue weighted by molar-refractivity contribution is 6.30. The van der Waals surface area contributed by atoms with Gasteiger partial charge in [-0.25, -0.2) is 4.79 Å². The quantitative estimate of drug-likeness (QED) is 0.707. The van der Waals surface area contributed by atoms with Crippen LogP contribution in [0.15, 0.2) is 40.1 Å². The molecule has 1 aliphatic heterocycles. The van der Waals surface area contributed by atoms with E-state index in [1.807, 2.05) is 0 Å².